The first kappa shape index (κ1) is 43.3. The molecule has 5 heterocycles. The number of aromatic nitrogens is 2. The molecule has 0 aliphatic rings. The highest BCUT2D eigenvalue weighted by molar-refractivity contribution is 6.37. The molecule has 0 saturated heterocycles. The molecule has 80 heavy (non-hydrogen) atoms. The van der Waals surface area contributed by atoms with Crippen LogP contribution in [0.4, 0.5) is 34.1 Å². The van der Waals surface area contributed by atoms with Crippen LogP contribution in [0.1, 0.15) is 0 Å². The van der Waals surface area contributed by atoms with Crippen molar-refractivity contribution in [3.63, 3.8) is 0 Å². The Hall–Kier alpha value is -10.8. The molecule has 18 rings (SSSR count). The van der Waals surface area contributed by atoms with Crippen LogP contribution in [0.25, 0.3) is 131 Å². The molecule has 18 aromatic rings. The summed E-state index contributed by atoms with van der Waals surface area (Å²) in [4.78, 5) is 4.73. The Morgan fingerprint density at radius 1 is 0.250 bits per heavy atom. The average molecular weight is 1020 g/mol. The second kappa shape index (κ2) is 16.4. The lowest BCUT2D eigenvalue weighted by Crippen LogP contribution is -2.09. The molecule has 372 valence electrons. The maximum atomic E-state index is 6.31. The van der Waals surface area contributed by atoms with Gasteiger partial charge in [0.2, 0.25) is 0 Å². The normalized spacial score (nSPS) is 12.2. The van der Waals surface area contributed by atoms with Crippen molar-refractivity contribution >= 4 is 159 Å². The SMILES string of the molecule is c1ccc(N(c2ccc3cc4c(cc3c2)c2cc3c(c5ccccc5n3-c3ccccc3)c3c5cc6cc(N(c7ccccc7)c7ccc8oc9ccccc9c8c7)ccc6cc5n4c23)c2ccc3oc4ccccc4c3c2)cc1. The molecule has 6 nitrogen and oxygen atoms in total. The van der Waals surface area contributed by atoms with Crippen molar-refractivity contribution in [2.45, 2.75) is 0 Å². The maximum absolute atomic E-state index is 6.31. The zero-order valence-electron chi connectivity index (χ0n) is 43.0. The van der Waals surface area contributed by atoms with Gasteiger partial charge in [0.1, 0.15) is 22.3 Å². The van der Waals surface area contributed by atoms with Gasteiger partial charge in [-0.2, -0.15) is 0 Å². The highest BCUT2D eigenvalue weighted by Crippen LogP contribution is 2.50. The minimum atomic E-state index is 0.878. The Labute approximate surface area is 457 Å². The summed E-state index contributed by atoms with van der Waals surface area (Å²) in [5.41, 5.74) is 17.1. The van der Waals surface area contributed by atoms with Crippen LogP contribution in [-0.4, -0.2) is 8.97 Å². The highest BCUT2D eigenvalue weighted by Gasteiger charge is 2.26. The van der Waals surface area contributed by atoms with Crippen LogP contribution in [0.2, 0.25) is 0 Å². The number of rotatable bonds is 7. The number of para-hydroxylation sites is 6. The van der Waals surface area contributed by atoms with Crippen LogP contribution in [0.5, 0.6) is 0 Å². The summed E-state index contributed by atoms with van der Waals surface area (Å²) in [7, 11) is 0. The Morgan fingerprint density at radius 2 is 0.713 bits per heavy atom. The van der Waals surface area contributed by atoms with Crippen LogP contribution in [-0.2, 0) is 0 Å². The fourth-order valence-corrected chi connectivity index (χ4v) is 13.4. The Bertz CT molecular complexity index is 5560. The second-order valence-corrected chi connectivity index (χ2v) is 21.3. The van der Waals surface area contributed by atoms with Crippen molar-refractivity contribution in [3.8, 4) is 5.69 Å². The van der Waals surface area contributed by atoms with E-state index in [0.717, 1.165) is 83.7 Å². The van der Waals surface area contributed by atoms with E-state index in [2.05, 4.69) is 261 Å². The molecule has 0 spiro atoms. The Kier molecular flexibility index (Phi) is 8.85. The number of furan rings is 2. The first-order valence-electron chi connectivity index (χ1n) is 27.3. The zero-order valence-corrected chi connectivity index (χ0v) is 43.0. The third kappa shape index (κ3) is 6.18. The van der Waals surface area contributed by atoms with Crippen molar-refractivity contribution in [2.75, 3.05) is 9.80 Å². The minimum Gasteiger partial charge on any atom is -0.456 e. The molecular weight excluding hydrogens is 977 g/mol. The number of nitrogens with zero attached hydrogens (tertiary/aromatic N) is 4. The fraction of sp³-hybridized carbons (Fsp3) is 0. The van der Waals surface area contributed by atoms with Gasteiger partial charge >= 0.3 is 0 Å². The van der Waals surface area contributed by atoms with Gasteiger partial charge in [0.05, 0.1) is 27.6 Å². The molecule has 0 radical (unpaired) electrons. The zero-order chi connectivity index (χ0) is 52.2. The van der Waals surface area contributed by atoms with E-state index in [1.54, 1.807) is 0 Å². The summed E-state index contributed by atoms with van der Waals surface area (Å²) >= 11 is 0. The summed E-state index contributed by atoms with van der Waals surface area (Å²) in [6.45, 7) is 0. The molecule has 0 unspecified atom stereocenters. The van der Waals surface area contributed by atoms with Crippen molar-refractivity contribution in [1.82, 2.24) is 8.97 Å². The number of anilines is 6. The van der Waals surface area contributed by atoms with Crippen LogP contribution < -0.4 is 9.80 Å². The molecule has 5 aromatic heterocycles. The van der Waals surface area contributed by atoms with Crippen LogP contribution in [0, 0.1) is 0 Å². The lowest BCUT2D eigenvalue weighted by atomic mass is 9.99. The number of hydrogen-bond donors (Lipinski definition) is 0. The van der Waals surface area contributed by atoms with Gasteiger partial charge in [0, 0.05) is 93.7 Å². The molecule has 0 fully saturated rings. The van der Waals surface area contributed by atoms with Crippen molar-refractivity contribution < 1.29 is 8.83 Å². The molecule has 0 saturated carbocycles. The van der Waals surface area contributed by atoms with Gasteiger partial charge in [-0.05, 0) is 167 Å². The van der Waals surface area contributed by atoms with E-state index < -0.39 is 0 Å². The standard InChI is InChI=1S/C74H44N4O2/c1-4-16-49(17-5-1)75(54-32-34-70-60(42-54)56-22-11-14-26-68(56)79-70)52-30-28-45-40-65-59(38-47(45)36-52)62-44-67-72(58-24-10-13-25-64(58)77(67)51-20-8-3-9-21-51)73-63-39-48-37-53(31-29-46(48)41-66(63)78(65)74(62)73)76(50-18-6-2-7-19-50)55-33-35-71-61(43-55)57-23-12-15-27-69(57)80-71/h1-44H. The quantitative estimate of drug-likeness (QED) is 0.160. The molecule has 0 aliphatic heterocycles. The molecular formula is C74H44N4O2. The fourth-order valence-electron chi connectivity index (χ4n) is 13.4. The summed E-state index contributed by atoms with van der Waals surface area (Å²) in [6.07, 6.45) is 0. The van der Waals surface area contributed by atoms with Crippen molar-refractivity contribution in [1.29, 1.82) is 0 Å². The lowest BCUT2D eigenvalue weighted by Gasteiger charge is -2.26. The van der Waals surface area contributed by atoms with E-state index in [-0.39, 0.29) is 0 Å². The van der Waals surface area contributed by atoms with E-state index in [9.17, 15) is 0 Å². The summed E-state index contributed by atoms with van der Waals surface area (Å²) in [6, 6.07) is 97.0. The van der Waals surface area contributed by atoms with Gasteiger partial charge in [0.15, 0.2) is 0 Å². The van der Waals surface area contributed by atoms with Gasteiger partial charge < -0.3 is 27.6 Å². The average Bonchev–Trinajstić information content (AvgIpc) is 4.34. The third-order valence-corrected chi connectivity index (χ3v) is 16.9. The Morgan fingerprint density at radius 3 is 1.30 bits per heavy atom. The van der Waals surface area contributed by atoms with Gasteiger partial charge in [0.25, 0.3) is 0 Å². The lowest BCUT2D eigenvalue weighted by molar-refractivity contribution is 0.668. The van der Waals surface area contributed by atoms with Gasteiger partial charge in [-0.3, -0.25) is 0 Å². The summed E-state index contributed by atoms with van der Waals surface area (Å²) in [5, 5.41) is 16.5. The topological polar surface area (TPSA) is 42.1 Å². The van der Waals surface area contributed by atoms with Gasteiger partial charge in [-0.25, -0.2) is 0 Å². The maximum Gasteiger partial charge on any atom is 0.135 e. The third-order valence-electron chi connectivity index (χ3n) is 16.9. The smallest absolute Gasteiger partial charge is 0.135 e. The number of benzene rings is 13. The van der Waals surface area contributed by atoms with Gasteiger partial charge in [-0.1, -0.05) is 121 Å². The summed E-state index contributed by atoms with van der Waals surface area (Å²) < 4.78 is 17.6. The van der Waals surface area contributed by atoms with Crippen LogP contribution in [0.3, 0.4) is 0 Å². The van der Waals surface area contributed by atoms with Crippen LogP contribution >= 0.6 is 0 Å². The molecule has 0 bridgehead atoms. The van der Waals surface area contributed by atoms with E-state index in [1.165, 1.54) is 81.4 Å². The largest absolute Gasteiger partial charge is 0.456 e. The predicted molar refractivity (Wildman–Crippen MR) is 334 cm³/mol. The van der Waals surface area contributed by atoms with E-state index in [1.807, 2.05) is 24.3 Å². The van der Waals surface area contributed by atoms with Crippen molar-refractivity contribution in [3.05, 3.63) is 267 Å². The molecule has 0 aliphatic carbocycles. The molecule has 13 aromatic carbocycles. The van der Waals surface area contributed by atoms with E-state index in [4.69, 9.17) is 8.83 Å². The van der Waals surface area contributed by atoms with E-state index >= 15 is 0 Å². The minimum absolute atomic E-state index is 0.878. The summed E-state index contributed by atoms with van der Waals surface area (Å²) in [5.74, 6) is 0. The molecule has 0 atom stereocenters. The second-order valence-electron chi connectivity index (χ2n) is 21.3. The first-order valence-corrected chi connectivity index (χ1v) is 27.3. The first-order chi connectivity index (χ1) is 39.6. The highest BCUT2D eigenvalue weighted by atomic mass is 16.3. The number of fused-ring (bicyclic) bond motifs is 18. The monoisotopic (exact) mass is 1020 g/mol. The Balaban J connectivity index is 0.887. The van der Waals surface area contributed by atoms with Gasteiger partial charge in [-0.15, -0.1) is 0 Å². The molecule has 6 heteroatoms. The van der Waals surface area contributed by atoms with E-state index in [0.29, 0.717) is 0 Å². The molecule has 0 N–H and O–H groups in total. The predicted octanol–water partition coefficient (Wildman–Crippen LogP) is 21.0. The number of hydrogen-bond acceptors (Lipinski definition) is 4. The van der Waals surface area contributed by atoms with Crippen molar-refractivity contribution in [2.24, 2.45) is 0 Å². The van der Waals surface area contributed by atoms with Crippen LogP contribution in [0.15, 0.2) is 276 Å². The molecule has 0 amide bonds.